The first kappa shape index (κ1) is 32.6. The number of aryl methyl sites for hydroxylation is 1. The molecule has 2 saturated heterocycles. The fraction of sp³-hybridized carbons (Fsp3) is 0.400. The van der Waals surface area contributed by atoms with Crippen LogP contribution in [0.1, 0.15) is 48.5 Å². The first-order valence-electron chi connectivity index (χ1n) is 17.4. The van der Waals surface area contributed by atoms with Gasteiger partial charge in [-0.2, -0.15) is 0 Å². The fourth-order valence-electron chi connectivity index (χ4n) is 8.78. The summed E-state index contributed by atoms with van der Waals surface area (Å²) in [6, 6.07) is 28.7. The number of benzene rings is 4. The average Bonchev–Trinajstić information content (AvgIpc) is 3.79. The van der Waals surface area contributed by atoms with Gasteiger partial charge in [-0.25, -0.2) is 0 Å². The predicted octanol–water partition coefficient (Wildman–Crippen LogP) is 6.84. The summed E-state index contributed by atoms with van der Waals surface area (Å²) in [5.74, 6) is 1.23. The van der Waals surface area contributed by atoms with Crippen LogP contribution in [0.15, 0.2) is 84.9 Å². The molecule has 2 amide bonds. The maximum Gasteiger partial charge on any atom is 0.263 e. The Balaban J connectivity index is 1.08. The molecule has 3 aliphatic rings. The standard InChI is InChI=1S/C40H46N2O5Si/c1-26-35(22-15-27-13-16-29(17-14-27)42-34-12-6-9-28-8-5-11-33(38(28)34)40(42)45)47-36(24-37(44)41-23-7-10-30(41)25-43)39(26)48(3,4)32-20-18-31(46-2)19-21-32/h5-6,8-9,11-14,16-21,26,30,35-36,39,43H,7,10,15,22-25H2,1-4H3/t26-,30-,35+,36-,39+/m0/s1. The molecule has 8 heteroatoms. The zero-order valence-corrected chi connectivity index (χ0v) is 29.4. The number of hydrogen-bond acceptors (Lipinski definition) is 5. The minimum Gasteiger partial charge on any atom is -0.497 e. The second-order valence-electron chi connectivity index (χ2n) is 14.3. The molecule has 4 aromatic carbocycles. The molecular weight excluding hydrogens is 617 g/mol. The van der Waals surface area contributed by atoms with Crippen LogP contribution in [0.5, 0.6) is 5.75 Å². The van der Waals surface area contributed by atoms with Crippen LogP contribution in [0, 0.1) is 5.92 Å². The molecule has 0 unspecified atom stereocenters. The van der Waals surface area contributed by atoms with Crippen LogP contribution in [0.25, 0.3) is 10.8 Å². The number of hydrogen-bond donors (Lipinski definition) is 1. The van der Waals surface area contributed by atoms with Gasteiger partial charge in [0.25, 0.3) is 5.91 Å². The van der Waals surface area contributed by atoms with Crippen LogP contribution in [0.4, 0.5) is 11.4 Å². The second-order valence-corrected chi connectivity index (χ2v) is 19.0. The summed E-state index contributed by atoms with van der Waals surface area (Å²) in [7, 11) is -0.416. The van der Waals surface area contributed by atoms with Crippen molar-refractivity contribution in [1.82, 2.24) is 4.90 Å². The number of rotatable bonds is 10. The van der Waals surface area contributed by atoms with Gasteiger partial charge in [0.1, 0.15) is 5.75 Å². The van der Waals surface area contributed by atoms with Crippen molar-refractivity contribution >= 4 is 47.2 Å². The zero-order chi connectivity index (χ0) is 33.6. The van der Waals surface area contributed by atoms with Crippen LogP contribution in [0.2, 0.25) is 18.6 Å². The molecule has 0 bridgehead atoms. The molecule has 7 nitrogen and oxygen atoms in total. The molecule has 0 saturated carbocycles. The molecule has 4 aromatic rings. The molecular formula is C40H46N2O5Si. The highest BCUT2D eigenvalue weighted by atomic mass is 28.3. The van der Waals surface area contributed by atoms with Crippen molar-refractivity contribution < 1.29 is 24.2 Å². The average molecular weight is 663 g/mol. The van der Waals surface area contributed by atoms with Gasteiger partial charge in [0, 0.05) is 17.6 Å². The van der Waals surface area contributed by atoms with Crippen molar-refractivity contribution in [2.24, 2.45) is 5.92 Å². The van der Waals surface area contributed by atoms with Crippen LogP contribution in [-0.4, -0.2) is 68.4 Å². The number of carbonyl (C=O) groups is 2. The summed E-state index contributed by atoms with van der Waals surface area (Å²) in [4.78, 5) is 30.8. The molecule has 2 fully saturated rings. The van der Waals surface area contributed by atoms with Gasteiger partial charge in [-0.3, -0.25) is 14.5 Å². The third-order valence-corrected chi connectivity index (χ3v) is 15.7. The smallest absolute Gasteiger partial charge is 0.263 e. The minimum atomic E-state index is -2.10. The van der Waals surface area contributed by atoms with Gasteiger partial charge >= 0.3 is 0 Å². The fourth-order valence-corrected chi connectivity index (χ4v) is 12.8. The monoisotopic (exact) mass is 662 g/mol. The number of aliphatic hydroxyl groups excluding tert-OH is 1. The second kappa shape index (κ2) is 13.1. The van der Waals surface area contributed by atoms with Gasteiger partial charge in [0.05, 0.1) is 57.7 Å². The summed E-state index contributed by atoms with van der Waals surface area (Å²) >= 11 is 0. The number of amides is 2. The van der Waals surface area contributed by atoms with Crippen molar-refractivity contribution in [3.8, 4) is 5.75 Å². The number of methoxy groups -OCH3 is 1. The Labute approximate surface area is 284 Å². The van der Waals surface area contributed by atoms with E-state index >= 15 is 0 Å². The summed E-state index contributed by atoms with van der Waals surface area (Å²) < 4.78 is 12.3. The van der Waals surface area contributed by atoms with Gasteiger partial charge in [0.15, 0.2) is 0 Å². The van der Waals surface area contributed by atoms with Gasteiger partial charge in [-0.15, -0.1) is 0 Å². The number of carbonyl (C=O) groups excluding carboxylic acids is 2. The molecule has 5 atom stereocenters. The number of nitrogens with zero attached hydrogens (tertiary/aromatic N) is 2. The van der Waals surface area contributed by atoms with Gasteiger partial charge in [-0.05, 0) is 84.5 Å². The highest BCUT2D eigenvalue weighted by Gasteiger charge is 2.51. The molecule has 7 rings (SSSR count). The Morgan fingerprint density at radius 1 is 0.979 bits per heavy atom. The van der Waals surface area contributed by atoms with Crippen LogP contribution in [-0.2, 0) is 16.0 Å². The van der Waals surface area contributed by atoms with Gasteiger partial charge in [0.2, 0.25) is 5.91 Å². The van der Waals surface area contributed by atoms with E-state index in [0.29, 0.717) is 13.0 Å². The summed E-state index contributed by atoms with van der Waals surface area (Å²) in [6.07, 6.45) is 3.69. The van der Waals surface area contributed by atoms with E-state index in [4.69, 9.17) is 9.47 Å². The van der Waals surface area contributed by atoms with Gasteiger partial charge in [-0.1, -0.05) is 73.7 Å². The largest absolute Gasteiger partial charge is 0.497 e. The first-order valence-corrected chi connectivity index (χ1v) is 20.4. The molecule has 250 valence electrons. The maximum atomic E-state index is 13.7. The van der Waals surface area contributed by atoms with E-state index in [1.54, 1.807) is 7.11 Å². The lowest BCUT2D eigenvalue weighted by atomic mass is 9.95. The lowest BCUT2D eigenvalue weighted by molar-refractivity contribution is -0.135. The molecule has 0 spiro atoms. The van der Waals surface area contributed by atoms with E-state index in [-0.39, 0.29) is 48.1 Å². The Hall–Kier alpha value is -3.98. The number of aliphatic hydroxyl groups is 1. The highest BCUT2D eigenvalue weighted by Crippen LogP contribution is 2.47. The third kappa shape index (κ3) is 5.74. The predicted molar refractivity (Wildman–Crippen MR) is 193 cm³/mol. The summed E-state index contributed by atoms with van der Waals surface area (Å²) in [5, 5.41) is 13.3. The Morgan fingerprint density at radius 3 is 2.42 bits per heavy atom. The van der Waals surface area contributed by atoms with Crippen LogP contribution >= 0.6 is 0 Å². The third-order valence-electron chi connectivity index (χ3n) is 11.3. The van der Waals surface area contributed by atoms with E-state index < -0.39 is 8.07 Å². The Morgan fingerprint density at radius 2 is 1.71 bits per heavy atom. The Kier molecular flexibility index (Phi) is 8.91. The van der Waals surface area contributed by atoms with E-state index in [1.165, 1.54) is 10.8 Å². The lowest BCUT2D eigenvalue weighted by Gasteiger charge is -2.36. The van der Waals surface area contributed by atoms with E-state index in [2.05, 4.69) is 68.5 Å². The molecule has 3 heterocycles. The summed E-state index contributed by atoms with van der Waals surface area (Å²) in [6.45, 7) is 7.84. The van der Waals surface area contributed by atoms with E-state index in [1.807, 2.05) is 46.2 Å². The van der Waals surface area contributed by atoms with Gasteiger partial charge < -0.3 is 19.5 Å². The molecule has 0 radical (unpaired) electrons. The zero-order valence-electron chi connectivity index (χ0n) is 28.4. The van der Waals surface area contributed by atoms with Crippen molar-refractivity contribution in [1.29, 1.82) is 0 Å². The number of likely N-dealkylation sites (tertiary alicyclic amines) is 1. The molecule has 3 aliphatic heterocycles. The van der Waals surface area contributed by atoms with Crippen LogP contribution < -0.4 is 14.8 Å². The quantitative estimate of drug-likeness (QED) is 0.188. The van der Waals surface area contributed by atoms with Crippen molar-refractivity contribution in [2.45, 2.75) is 75.9 Å². The SMILES string of the molecule is COc1ccc([Si](C)(C)[C@@H]2[C@@H](C)[C@@H](CCc3ccc(N4C(=O)c5cccc6cccc4c56)cc3)O[C@H]2CC(=O)N2CCC[C@H]2CO)cc1. The number of ether oxygens (including phenoxy) is 2. The Bertz CT molecular complexity index is 1800. The van der Waals surface area contributed by atoms with Crippen molar-refractivity contribution in [2.75, 3.05) is 25.2 Å². The van der Waals surface area contributed by atoms with E-state index in [0.717, 1.165) is 59.1 Å². The lowest BCUT2D eigenvalue weighted by Crippen LogP contribution is -2.51. The topological polar surface area (TPSA) is 79.3 Å². The van der Waals surface area contributed by atoms with E-state index in [9.17, 15) is 14.7 Å². The highest BCUT2D eigenvalue weighted by molar-refractivity contribution is 6.91. The maximum absolute atomic E-state index is 13.7. The molecule has 0 aliphatic carbocycles. The van der Waals surface area contributed by atoms with Crippen molar-refractivity contribution in [3.63, 3.8) is 0 Å². The molecule has 1 N–H and O–H groups in total. The van der Waals surface area contributed by atoms with Crippen molar-refractivity contribution in [3.05, 3.63) is 96.1 Å². The first-order chi connectivity index (χ1) is 23.2. The molecule has 48 heavy (non-hydrogen) atoms. The van der Waals surface area contributed by atoms with Crippen LogP contribution in [0.3, 0.4) is 0 Å². The normalized spacial score (nSPS) is 23.8. The summed E-state index contributed by atoms with van der Waals surface area (Å²) in [5.41, 5.74) is 4.00. The minimum absolute atomic E-state index is 0.0113. The molecule has 0 aromatic heterocycles. The number of anilines is 2.